The van der Waals surface area contributed by atoms with Gasteiger partial charge in [0.2, 0.25) is 5.91 Å². The molecule has 23 heavy (non-hydrogen) atoms. The molecule has 1 heterocycles. The van der Waals surface area contributed by atoms with Gasteiger partial charge in [0, 0.05) is 30.9 Å². The third-order valence-corrected chi connectivity index (χ3v) is 4.41. The van der Waals surface area contributed by atoms with E-state index in [1.807, 2.05) is 35.0 Å². The summed E-state index contributed by atoms with van der Waals surface area (Å²) in [5, 5.41) is 9.75. The summed E-state index contributed by atoms with van der Waals surface area (Å²) >= 11 is 1.61. The van der Waals surface area contributed by atoms with Crippen LogP contribution in [0, 0.1) is 5.92 Å². The molecule has 1 aromatic heterocycles. The summed E-state index contributed by atoms with van der Waals surface area (Å²) < 4.78 is 0. The number of thiophene rings is 1. The quantitative estimate of drug-likeness (QED) is 0.877. The first-order chi connectivity index (χ1) is 11.1. The van der Waals surface area contributed by atoms with Crippen molar-refractivity contribution in [2.45, 2.75) is 19.4 Å². The molecule has 0 unspecified atom stereocenters. The van der Waals surface area contributed by atoms with Crippen LogP contribution >= 0.6 is 11.3 Å². The van der Waals surface area contributed by atoms with Crippen LogP contribution in [0.25, 0.3) is 0 Å². The molecule has 1 saturated carbocycles. The van der Waals surface area contributed by atoms with Crippen molar-refractivity contribution >= 4 is 34.6 Å². The average Bonchev–Trinajstić information content (AvgIpc) is 3.26. The number of amides is 3. The summed E-state index contributed by atoms with van der Waals surface area (Å²) in [7, 11) is 1.76. The van der Waals surface area contributed by atoms with E-state index in [2.05, 4.69) is 10.6 Å². The van der Waals surface area contributed by atoms with Gasteiger partial charge in [0.15, 0.2) is 0 Å². The van der Waals surface area contributed by atoms with Gasteiger partial charge in [-0.2, -0.15) is 11.3 Å². The molecule has 1 aliphatic rings. The van der Waals surface area contributed by atoms with E-state index in [0.717, 1.165) is 18.4 Å². The minimum atomic E-state index is -0.179. The molecule has 2 aromatic rings. The smallest absolute Gasteiger partial charge is 0.321 e. The predicted octanol–water partition coefficient (Wildman–Crippen LogP) is 3.76. The van der Waals surface area contributed by atoms with E-state index in [0.29, 0.717) is 17.9 Å². The van der Waals surface area contributed by atoms with Crippen molar-refractivity contribution in [3.63, 3.8) is 0 Å². The topological polar surface area (TPSA) is 61.4 Å². The Morgan fingerprint density at radius 1 is 1.22 bits per heavy atom. The van der Waals surface area contributed by atoms with E-state index in [-0.39, 0.29) is 17.9 Å². The summed E-state index contributed by atoms with van der Waals surface area (Å²) in [4.78, 5) is 25.6. The Morgan fingerprint density at radius 3 is 2.61 bits per heavy atom. The highest BCUT2D eigenvalue weighted by Gasteiger charge is 2.29. The number of hydrogen-bond donors (Lipinski definition) is 2. The molecule has 0 radical (unpaired) electrons. The lowest BCUT2D eigenvalue weighted by atomic mass is 10.2. The van der Waals surface area contributed by atoms with Crippen LogP contribution in [0.3, 0.4) is 0 Å². The van der Waals surface area contributed by atoms with Crippen LogP contribution < -0.4 is 10.6 Å². The Kier molecular flexibility index (Phi) is 4.62. The molecule has 6 heteroatoms. The van der Waals surface area contributed by atoms with Gasteiger partial charge in [-0.15, -0.1) is 0 Å². The number of benzene rings is 1. The number of hydrogen-bond acceptors (Lipinski definition) is 3. The third kappa shape index (κ3) is 4.32. The van der Waals surface area contributed by atoms with Crippen molar-refractivity contribution in [3.05, 3.63) is 46.7 Å². The SMILES string of the molecule is CN(Cc1ccsc1)C(=O)Nc1cccc(NC(=O)C2CC2)c1. The zero-order chi connectivity index (χ0) is 16.2. The van der Waals surface area contributed by atoms with Crippen molar-refractivity contribution in [1.29, 1.82) is 0 Å². The highest BCUT2D eigenvalue weighted by atomic mass is 32.1. The minimum absolute atomic E-state index is 0.0584. The van der Waals surface area contributed by atoms with Crippen molar-refractivity contribution in [2.75, 3.05) is 17.7 Å². The fourth-order valence-electron chi connectivity index (χ4n) is 2.21. The second kappa shape index (κ2) is 6.83. The molecular weight excluding hydrogens is 310 g/mol. The van der Waals surface area contributed by atoms with Gasteiger partial charge in [-0.3, -0.25) is 4.79 Å². The lowest BCUT2D eigenvalue weighted by Crippen LogP contribution is -2.30. The van der Waals surface area contributed by atoms with Crippen molar-refractivity contribution in [2.24, 2.45) is 5.92 Å². The van der Waals surface area contributed by atoms with Gasteiger partial charge in [0.05, 0.1) is 0 Å². The molecule has 120 valence electrons. The molecule has 3 amide bonds. The van der Waals surface area contributed by atoms with Crippen LogP contribution in [0.15, 0.2) is 41.1 Å². The van der Waals surface area contributed by atoms with Crippen LogP contribution in [0.1, 0.15) is 18.4 Å². The summed E-state index contributed by atoms with van der Waals surface area (Å²) in [5.74, 6) is 0.216. The number of anilines is 2. The zero-order valence-electron chi connectivity index (χ0n) is 12.9. The molecule has 0 bridgehead atoms. The third-order valence-electron chi connectivity index (χ3n) is 3.68. The number of nitrogens with one attached hydrogen (secondary N) is 2. The van der Waals surface area contributed by atoms with E-state index >= 15 is 0 Å². The number of carbonyl (C=O) groups excluding carboxylic acids is 2. The molecule has 0 spiro atoms. The van der Waals surface area contributed by atoms with Crippen LogP contribution in [0.5, 0.6) is 0 Å². The largest absolute Gasteiger partial charge is 0.326 e. The van der Waals surface area contributed by atoms with Gasteiger partial charge in [0.1, 0.15) is 0 Å². The van der Waals surface area contributed by atoms with E-state index in [4.69, 9.17) is 0 Å². The van der Waals surface area contributed by atoms with Crippen LogP contribution in [-0.2, 0) is 11.3 Å². The molecule has 0 aliphatic heterocycles. The molecule has 1 fully saturated rings. The maximum Gasteiger partial charge on any atom is 0.321 e. The molecule has 1 aromatic carbocycles. The number of carbonyl (C=O) groups is 2. The van der Waals surface area contributed by atoms with Gasteiger partial charge in [0.25, 0.3) is 0 Å². The molecule has 0 saturated heterocycles. The Morgan fingerprint density at radius 2 is 1.96 bits per heavy atom. The van der Waals surface area contributed by atoms with Crippen molar-refractivity contribution in [3.8, 4) is 0 Å². The maximum atomic E-state index is 12.2. The fourth-order valence-corrected chi connectivity index (χ4v) is 2.87. The standard InChI is InChI=1S/C17H19N3O2S/c1-20(10-12-7-8-23-11-12)17(22)19-15-4-2-3-14(9-15)18-16(21)13-5-6-13/h2-4,7-9,11,13H,5-6,10H2,1H3,(H,18,21)(H,19,22). The van der Waals surface area contributed by atoms with E-state index in [1.165, 1.54) is 0 Å². The normalized spacial score (nSPS) is 13.4. The van der Waals surface area contributed by atoms with E-state index in [1.54, 1.807) is 29.4 Å². The average molecular weight is 329 g/mol. The van der Waals surface area contributed by atoms with Crippen LogP contribution in [-0.4, -0.2) is 23.9 Å². The summed E-state index contributed by atoms with van der Waals surface area (Å²) in [6.45, 7) is 0.563. The van der Waals surface area contributed by atoms with Gasteiger partial charge in [-0.05, 0) is 53.4 Å². The van der Waals surface area contributed by atoms with E-state index in [9.17, 15) is 9.59 Å². The fraction of sp³-hybridized carbons (Fsp3) is 0.294. The van der Waals surface area contributed by atoms with E-state index < -0.39 is 0 Å². The lowest BCUT2D eigenvalue weighted by Gasteiger charge is -2.17. The van der Waals surface area contributed by atoms with Crippen LogP contribution in [0.2, 0.25) is 0 Å². The van der Waals surface area contributed by atoms with Crippen molar-refractivity contribution < 1.29 is 9.59 Å². The first-order valence-corrected chi connectivity index (χ1v) is 8.50. The summed E-state index contributed by atoms with van der Waals surface area (Å²) in [6.07, 6.45) is 1.94. The Hall–Kier alpha value is -2.34. The first-order valence-electron chi connectivity index (χ1n) is 7.56. The molecule has 2 N–H and O–H groups in total. The van der Waals surface area contributed by atoms with Gasteiger partial charge >= 0.3 is 6.03 Å². The minimum Gasteiger partial charge on any atom is -0.326 e. The maximum absolute atomic E-state index is 12.2. The highest BCUT2D eigenvalue weighted by Crippen LogP contribution is 2.30. The molecule has 3 rings (SSSR count). The first kappa shape index (κ1) is 15.6. The summed E-state index contributed by atoms with van der Waals surface area (Å²) in [5.41, 5.74) is 2.49. The number of rotatable bonds is 5. The second-order valence-corrected chi connectivity index (χ2v) is 6.54. The second-order valence-electron chi connectivity index (χ2n) is 5.76. The predicted molar refractivity (Wildman–Crippen MR) is 92.6 cm³/mol. The van der Waals surface area contributed by atoms with Crippen molar-refractivity contribution in [1.82, 2.24) is 4.90 Å². The number of nitrogens with zero attached hydrogens (tertiary/aromatic N) is 1. The van der Waals surface area contributed by atoms with Crippen LogP contribution in [0.4, 0.5) is 16.2 Å². The molecule has 1 aliphatic carbocycles. The summed E-state index contributed by atoms with van der Waals surface area (Å²) in [6, 6.07) is 9.05. The van der Waals surface area contributed by atoms with Gasteiger partial charge in [-0.25, -0.2) is 4.79 Å². The molecule has 0 atom stereocenters. The Balaban J connectivity index is 1.58. The van der Waals surface area contributed by atoms with Gasteiger partial charge in [-0.1, -0.05) is 6.07 Å². The Labute approximate surface area is 139 Å². The Bertz CT molecular complexity index is 696. The zero-order valence-corrected chi connectivity index (χ0v) is 13.7. The van der Waals surface area contributed by atoms with Gasteiger partial charge < -0.3 is 15.5 Å². The molecule has 5 nitrogen and oxygen atoms in total. The molecular formula is C17H19N3O2S. The number of urea groups is 1. The highest BCUT2D eigenvalue weighted by molar-refractivity contribution is 7.07. The lowest BCUT2D eigenvalue weighted by molar-refractivity contribution is -0.117. The monoisotopic (exact) mass is 329 g/mol.